The summed E-state index contributed by atoms with van der Waals surface area (Å²) in [5.74, 6) is -0.746. The van der Waals surface area contributed by atoms with Crippen molar-refractivity contribution in [2.24, 2.45) is 0 Å². The van der Waals surface area contributed by atoms with E-state index in [1.54, 1.807) is 11.0 Å². The Morgan fingerprint density at radius 3 is 2.52 bits per heavy atom. The van der Waals surface area contributed by atoms with E-state index in [0.717, 1.165) is 11.1 Å². The molecule has 0 aliphatic carbocycles. The van der Waals surface area contributed by atoms with Crippen molar-refractivity contribution in [2.45, 2.75) is 46.2 Å². The number of rotatable bonds is 1. The van der Waals surface area contributed by atoms with Crippen molar-refractivity contribution in [3.8, 4) is 0 Å². The highest BCUT2D eigenvalue weighted by molar-refractivity contribution is 6.05. The van der Waals surface area contributed by atoms with Gasteiger partial charge in [-0.2, -0.15) is 0 Å². The van der Waals surface area contributed by atoms with E-state index in [9.17, 15) is 14.4 Å². The average Bonchev–Trinajstić information content (AvgIpc) is 2.80. The number of carbonyl (C=O) groups excluding carboxylic acids is 3. The van der Waals surface area contributed by atoms with Crippen LogP contribution in [0.1, 0.15) is 48.2 Å². The monoisotopic (exact) mass is 288 g/mol. The molecule has 5 nitrogen and oxygen atoms in total. The second-order valence-corrected chi connectivity index (χ2v) is 5.00. The highest BCUT2D eigenvalue weighted by Gasteiger charge is 2.39. The van der Waals surface area contributed by atoms with Gasteiger partial charge in [0, 0.05) is 18.5 Å². The third kappa shape index (κ3) is 2.68. The lowest BCUT2D eigenvalue weighted by atomic mass is 10.0. The summed E-state index contributed by atoms with van der Waals surface area (Å²) in [6.07, 6.45) is 0.693. The Morgan fingerprint density at radius 1 is 1.19 bits per heavy atom. The zero-order valence-electron chi connectivity index (χ0n) is 12.6. The molecule has 1 fully saturated rings. The first-order valence-corrected chi connectivity index (χ1v) is 7.31. The van der Waals surface area contributed by atoms with Gasteiger partial charge in [-0.15, -0.1) is 0 Å². The second-order valence-electron chi connectivity index (χ2n) is 5.00. The highest BCUT2D eigenvalue weighted by Crippen LogP contribution is 2.29. The smallest absolute Gasteiger partial charge is 0.255 e. The molecular weight excluding hydrogens is 268 g/mol. The zero-order valence-corrected chi connectivity index (χ0v) is 12.6. The molecule has 0 bridgehead atoms. The molecule has 1 saturated heterocycles. The van der Waals surface area contributed by atoms with Crippen molar-refractivity contribution < 1.29 is 14.4 Å². The Balaban J connectivity index is 0.000000774. The summed E-state index contributed by atoms with van der Waals surface area (Å²) in [6, 6.07) is 5.06. The Labute approximate surface area is 124 Å². The number of carbonyl (C=O) groups is 3. The van der Waals surface area contributed by atoms with Gasteiger partial charge in [0.1, 0.15) is 6.04 Å². The molecule has 0 aromatic heterocycles. The predicted molar refractivity (Wildman–Crippen MR) is 78.6 cm³/mol. The van der Waals surface area contributed by atoms with E-state index in [1.807, 2.05) is 32.9 Å². The average molecular weight is 288 g/mol. The molecule has 2 aliphatic heterocycles. The first-order valence-electron chi connectivity index (χ1n) is 7.31. The van der Waals surface area contributed by atoms with E-state index in [-0.39, 0.29) is 24.1 Å². The summed E-state index contributed by atoms with van der Waals surface area (Å²) in [7, 11) is 0. The van der Waals surface area contributed by atoms with Crippen LogP contribution in [0.15, 0.2) is 18.2 Å². The van der Waals surface area contributed by atoms with Crippen molar-refractivity contribution in [1.29, 1.82) is 0 Å². The van der Waals surface area contributed by atoms with E-state index >= 15 is 0 Å². The molecule has 1 aromatic carbocycles. The largest absolute Gasteiger partial charge is 0.322 e. The molecule has 3 amide bonds. The molecule has 1 atom stereocenters. The van der Waals surface area contributed by atoms with Crippen LogP contribution in [0.5, 0.6) is 0 Å². The summed E-state index contributed by atoms with van der Waals surface area (Å²) in [6.45, 7) is 6.41. The van der Waals surface area contributed by atoms with Crippen LogP contribution < -0.4 is 5.32 Å². The van der Waals surface area contributed by atoms with E-state index in [1.165, 1.54) is 0 Å². The van der Waals surface area contributed by atoms with Crippen molar-refractivity contribution >= 4 is 17.7 Å². The van der Waals surface area contributed by atoms with Crippen LogP contribution in [-0.4, -0.2) is 28.7 Å². The number of fused-ring (bicyclic) bond motifs is 1. The third-order valence-electron chi connectivity index (χ3n) is 3.82. The molecule has 1 unspecified atom stereocenters. The number of nitrogens with one attached hydrogen (secondary N) is 1. The standard InChI is InChI=1S/C14H14N2O3.C2H6/c1-8-3-2-4-9-10(8)7-16(14(9)19)11-5-6-12(17)15-13(11)18;1-2/h2-4,11H,5-7H2,1H3,(H,15,17,18);1-2H3. The van der Waals surface area contributed by atoms with Gasteiger partial charge in [0.05, 0.1) is 0 Å². The Hall–Kier alpha value is -2.17. The SMILES string of the molecule is CC.Cc1cccc2c1CN(C1CCC(=O)NC1=O)C2=O. The first-order chi connectivity index (χ1) is 10.1. The van der Waals surface area contributed by atoms with Gasteiger partial charge in [0.25, 0.3) is 5.91 Å². The quantitative estimate of drug-likeness (QED) is 0.801. The first kappa shape index (κ1) is 15.2. The zero-order chi connectivity index (χ0) is 15.6. The summed E-state index contributed by atoms with van der Waals surface area (Å²) in [5.41, 5.74) is 2.71. The maximum absolute atomic E-state index is 12.3. The van der Waals surface area contributed by atoms with Crippen LogP contribution in [0.25, 0.3) is 0 Å². The Kier molecular flexibility index (Phi) is 4.40. The maximum atomic E-state index is 12.3. The number of amides is 3. The molecule has 2 aliphatic rings. The molecule has 3 rings (SSSR count). The Bertz CT molecular complexity index is 595. The summed E-state index contributed by atoms with van der Waals surface area (Å²) < 4.78 is 0. The lowest BCUT2D eigenvalue weighted by molar-refractivity contribution is -0.136. The molecule has 1 aromatic rings. The number of benzene rings is 1. The molecule has 112 valence electrons. The summed E-state index contributed by atoms with van der Waals surface area (Å²) >= 11 is 0. The number of aryl methyl sites for hydroxylation is 1. The van der Waals surface area contributed by atoms with E-state index in [4.69, 9.17) is 0 Å². The fourth-order valence-electron chi connectivity index (χ4n) is 2.74. The second kappa shape index (κ2) is 6.08. The molecule has 1 N–H and O–H groups in total. The molecule has 2 heterocycles. The van der Waals surface area contributed by atoms with Crippen LogP contribution >= 0.6 is 0 Å². The number of hydrogen-bond donors (Lipinski definition) is 1. The molecule has 0 radical (unpaired) electrons. The molecule has 21 heavy (non-hydrogen) atoms. The minimum absolute atomic E-state index is 0.117. The van der Waals surface area contributed by atoms with Gasteiger partial charge < -0.3 is 4.90 Å². The minimum Gasteiger partial charge on any atom is -0.322 e. The number of hydrogen-bond acceptors (Lipinski definition) is 3. The molecule has 0 saturated carbocycles. The Morgan fingerprint density at radius 2 is 1.90 bits per heavy atom. The van der Waals surface area contributed by atoms with Crippen LogP contribution in [0.4, 0.5) is 0 Å². The van der Waals surface area contributed by atoms with Gasteiger partial charge in [-0.3, -0.25) is 19.7 Å². The number of nitrogens with zero attached hydrogens (tertiary/aromatic N) is 1. The fraction of sp³-hybridized carbons (Fsp3) is 0.438. The summed E-state index contributed by atoms with van der Waals surface area (Å²) in [5, 5.41) is 2.30. The topological polar surface area (TPSA) is 66.5 Å². The van der Waals surface area contributed by atoms with Gasteiger partial charge in [-0.05, 0) is 30.5 Å². The highest BCUT2D eigenvalue weighted by atomic mass is 16.2. The third-order valence-corrected chi connectivity index (χ3v) is 3.82. The van der Waals surface area contributed by atoms with Crippen LogP contribution in [-0.2, 0) is 16.1 Å². The predicted octanol–water partition coefficient (Wildman–Crippen LogP) is 1.78. The lowest BCUT2D eigenvalue weighted by Crippen LogP contribution is -2.52. The lowest BCUT2D eigenvalue weighted by Gasteiger charge is -2.29. The summed E-state index contributed by atoms with van der Waals surface area (Å²) in [4.78, 5) is 36.9. The number of imide groups is 1. The maximum Gasteiger partial charge on any atom is 0.255 e. The molecular formula is C16H20N2O3. The van der Waals surface area contributed by atoms with Gasteiger partial charge in [0.2, 0.25) is 11.8 Å². The van der Waals surface area contributed by atoms with Crippen LogP contribution in [0, 0.1) is 6.92 Å². The number of piperidine rings is 1. The van der Waals surface area contributed by atoms with E-state index < -0.39 is 6.04 Å². The van der Waals surface area contributed by atoms with Crippen LogP contribution in [0.3, 0.4) is 0 Å². The van der Waals surface area contributed by atoms with Gasteiger partial charge >= 0.3 is 0 Å². The fourth-order valence-corrected chi connectivity index (χ4v) is 2.74. The van der Waals surface area contributed by atoms with Gasteiger partial charge in [-0.1, -0.05) is 26.0 Å². The minimum atomic E-state index is -0.531. The van der Waals surface area contributed by atoms with Crippen molar-refractivity contribution in [1.82, 2.24) is 10.2 Å². The van der Waals surface area contributed by atoms with E-state index in [0.29, 0.717) is 18.5 Å². The van der Waals surface area contributed by atoms with Crippen molar-refractivity contribution in [2.75, 3.05) is 0 Å². The van der Waals surface area contributed by atoms with Crippen molar-refractivity contribution in [3.63, 3.8) is 0 Å². The van der Waals surface area contributed by atoms with E-state index in [2.05, 4.69) is 5.32 Å². The molecule has 5 heteroatoms. The van der Waals surface area contributed by atoms with Gasteiger partial charge in [0.15, 0.2) is 0 Å². The van der Waals surface area contributed by atoms with Gasteiger partial charge in [-0.25, -0.2) is 0 Å². The van der Waals surface area contributed by atoms with Crippen LogP contribution in [0.2, 0.25) is 0 Å². The van der Waals surface area contributed by atoms with Crippen molar-refractivity contribution in [3.05, 3.63) is 34.9 Å². The normalized spacial score (nSPS) is 20.6. The molecule has 0 spiro atoms.